The second-order valence-electron chi connectivity index (χ2n) is 2.79. The molecule has 0 unspecified atom stereocenters. The molecular weight excluding hydrogens is 145 g/mol. The van der Waals surface area contributed by atoms with Gasteiger partial charge in [-0.1, -0.05) is 6.42 Å². The summed E-state index contributed by atoms with van der Waals surface area (Å²) in [6.07, 6.45) is -3.44. The van der Waals surface area contributed by atoms with Gasteiger partial charge in [-0.2, -0.15) is 13.2 Å². The van der Waals surface area contributed by atoms with Crippen molar-refractivity contribution in [2.75, 3.05) is 6.61 Å². The van der Waals surface area contributed by atoms with Crippen LogP contribution >= 0.6 is 0 Å². The van der Waals surface area contributed by atoms with Crippen LogP contribution in [0.15, 0.2) is 0 Å². The highest BCUT2D eigenvalue weighted by Crippen LogP contribution is 2.52. The molecule has 1 nitrogen and oxygen atoms in total. The molecule has 0 aromatic heterocycles. The van der Waals surface area contributed by atoms with E-state index in [9.17, 15) is 13.2 Å². The fourth-order valence-electron chi connectivity index (χ4n) is 1.13. The fourth-order valence-corrected chi connectivity index (χ4v) is 1.13. The molecule has 1 N–H and O–H groups in total. The van der Waals surface area contributed by atoms with E-state index < -0.39 is 18.2 Å². The summed E-state index contributed by atoms with van der Waals surface area (Å²) in [6.45, 7) is -0.753. The minimum Gasteiger partial charge on any atom is -0.395 e. The van der Waals surface area contributed by atoms with Crippen LogP contribution in [0.2, 0.25) is 0 Å². The first-order chi connectivity index (χ1) is 4.52. The summed E-state index contributed by atoms with van der Waals surface area (Å²) < 4.78 is 36.0. The second kappa shape index (κ2) is 2.12. The minimum atomic E-state index is -4.21. The highest BCUT2D eigenvalue weighted by Gasteiger charge is 2.57. The van der Waals surface area contributed by atoms with Gasteiger partial charge in [-0.25, -0.2) is 0 Å². The van der Waals surface area contributed by atoms with Crippen LogP contribution < -0.4 is 0 Å². The third-order valence-electron chi connectivity index (χ3n) is 2.21. The molecule has 0 aromatic carbocycles. The van der Waals surface area contributed by atoms with Gasteiger partial charge >= 0.3 is 6.18 Å². The Labute approximate surface area is 56.8 Å². The summed E-state index contributed by atoms with van der Waals surface area (Å²) in [7, 11) is 0. The highest BCUT2D eigenvalue weighted by molar-refractivity contribution is 4.93. The van der Waals surface area contributed by atoms with Gasteiger partial charge < -0.3 is 5.11 Å². The molecule has 0 spiro atoms. The normalized spacial score (nSPS) is 24.0. The maximum absolute atomic E-state index is 12.0. The molecule has 4 heteroatoms. The van der Waals surface area contributed by atoms with Crippen LogP contribution in [0.25, 0.3) is 0 Å². The lowest BCUT2D eigenvalue weighted by atomic mass is 9.69. The molecule has 1 saturated carbocycles. The van der Waals surface area contributed by atoms with E-state index in [0.717, 1.165) is 0 Å². The van der Waals surface area contributed by atoms with E-state index in [1.807, 2.05) is 0 Å². The maximum Gasteiger partial charge on any atom is 0.396 e. The zero-order valence-corrected chi connectivity index (χ0v) is 5.41. The van der Waals surface area contributed by atoms with Gasteiger partial charge in [0.15, 0.2) is 0 Å². The summed E-state index contributed by atoms with van der Waals surface area (Å²) in [5.74, 6) is 0. The van der Waals surface area contributed by atoms with Crippen LogP contribution in [0, 0.1) is 5.41 Å². The van der Waals surface area contributed by atoms with E-state index in [1.165, 1.54) is 0 Å². The number of hydrogen-bond donors (Lipinski definition) is 1. The summed E-state index contributed by atoms with van der Waals surface area (Å²) in [4.78, 5) is 0. The van der Waals surface area contributed by atoms with Crippen molar-refractivity contribution in [2.24, 2.45) is 5.41 Å². The topological polar surface area (TPSA) is 20.2 Å². The van der Waals surface area contributed by atoms with Crippen LogP contribution in [0.4, 0.5) is 13.2 Å². The summed E-state index contributed by atoms with van der Waals surface area (Å²) in [6, 6.07) is 0. The number of hydrogen-bond acceptors (Lipinski definition) is 1. The van der Waals surface area contributed by atoms with Gasteiger partial charge in [-0.3, -0.25) is 0 Å². The summed E-state index contributed by atoms with van der Waals surface area (Å²) >= 11 is 0. The van der Waals surface area contributed by atoms with Gasteiger partial charge in [0.05, 0.1) is 12.0 Å². The first kappa shape index (κ1) is 7.85. The average molecular weight is 154 g/mol. The van der Waals surface area contributed by atoms with Crippen LogP contribution in [0.3, 0.4) is 0 Å². The predicted molar refractivity (Wildman–Crippen MR) is 29.4 cm³/mol. The Hall–Kier alpha value is -0.250. The molecule has 0 amide bonds. The Morgan fingerprint density at radius 3 is 1.80 bits per heavy atom. The largest absolute Gasteiger partial charge is 0.396 e. The Kier molecular flexibility index (Phi) is 1.66. The van der Waals surface area contributed by atoms with Crippen molar-refractivity contribution in [1.82, 2.24) is 0 Å². The highest BCUT2D eigenvalue weighted by atomic mass is 19.4. The van der Waals surface area contributed by atoms with Crippen LogP contribution in [-0.4, -0.2) is 17.9 Å². The molecule has 0 heterocycles. The standard InChI is InChI=1S/C6H9F3O/c7-6(8,9)5(4-10)2-1-3-5/h10H,1-4H2. The van der Waals surface area contributed by atoms with E-state index in [-0.39, 0.29) is 12.8 Å². The molecule has 1 fully saturated rings. The van der Waals surface area contributed by atoms with Crippen molar-refractivity contribution in [3.63, 3.8) is 0 Å². The molecule has 0 atom stereocenters. The smallest absolute Gasteiger partial charge is 0.395 e. The number of alkyl halides is 3. The Morgan fingerprint density at radius 1 is 1.30 bits per heavy atom. The molecule has 60 valence electrons. The predicted octanol–water partition coefficient (Wildman–Crippen LogP) is 1.71. The molecule has 0 bridgehead atoms. The number of aliphatic hydroxyl groups excluding tert-OH is 1. The lowest BCUT2D eigenvalue weighted by molar-refractivity contribution is -0.261. The summed E-state index contributed by atoms with van der Waals surface area (Å²) in [5, 5.41) is 8.45. The quantitative estimate of drug-likeness (QED) is 0.609. The van der Waals surface area contributed by atoms with Gasteiger partial charge in [0.25, 0.3) is 0 Å². The van der Waals surface area contributed by atoms with Gasteiger partial charge in [0.2, 0.25) is 0 Å². The molecule has 1 aliphatic carbocycles. The molecule has 0 aromatic rings. The zero-order valence-electron chi connectivity index (χ0n) is 5.41. The molecule has 0 aliphatic heterocycles. The van der Waals surface area contributed by atoms with Crippen LogP contribution in [0.1, 0.15) is 19.3 Å². The van der Waals surface area contributed by atoms with Crippen molar-refractivity contribution < 1.29 is 18.3 Å². The van der Waals surface area contributed by atoms with Crippen LogP contribution in [-0.2, 0) is 0 Å². The Bertz CT molecular complexity index is 120. The van der Waals surface area contributed by atoms with Crippen molar-refractivity contribution in [2.45, 2.75) is 25.4 Å². The van der Waals surface area contributed by atoms with E-state index in [1.54, 1.807) is 0 Å². The fraction of sp³-hybridized carbons (Fsp3) is 1.00. The van der Waals surface area contributed by atoms with Crippen molar-refractivity contribution in [1.29, 1.82) is 0 Å². The average Bonchev–Trinajstić information content (AvgIpc) is 1.58. The van der Waals surface area contributed by atoms with Crippen molar-refractivity contribution in [3.8, 4) is 0 Å². The molecule has 0 saturated heterocycles. The number of halogens is 3. The van der Waals surface area contributed by atoms with E-state index in [4.69, 9.17) is 5.11 Å². The van der Waals surface area contributed by atoms with Crippen molar-refractivity contribution in [3.05, 3.63) is 0 Å². The first-order valence-electron chi connectivity index (χ1n) is 3.19. The monoisotopic (exact) mass is 154 g/mol. The molecule has 1 rings (SSSR count). The van der Waals surface area contributed by atoms with Gasteiger partial charge in [0.1, 0.15) is 0 Å². The van der Waals surface area contributed by atoms with Gasteiger partial charge in [-0.05, 0) is 12.8 Å². The number of rotatable bonds is 1. The molecule has 10 heavy (non-hydrogen) atoms. The van der Waals surface area contributed by atoms with E-state index in [2.05, 4.69) is 0 Å². The van der Waals surface area contributed by atoms with Gasteiger partial charge in [0, 0.05) is 0 Å². The molecule has 0 radical (unpaired) electrons. The second-order valence-corrected chi connectivity index (χ2v) is 2.79. The minimum absolute atomic E-state index is 0.0903. The van der Waals surface area contributed by atoms with E-state index >= 15 is 0 Å². The van der Waals surface area contributed by atoms with Crippen LogP contribution in [0.5, 0.6) is 0 Å². The van der Waals surface area contributed by atoms with Gasteiger partial charge in [-0.15, -0.1) is 0 Å². The maximum atomic E-state index is 12.0. The summed E-state index contributed by atoms with van der Waals surface area (Å²) in [5.41, 5.74) is -1.74. The lowest BCUT2D eigenvalue weighted by Gasteiger charge is -2.41. The SMILES string of the molecule is OCC1(C(F)(F)F)CCC1. The third-order valence-corrected chi connectivity index (χ3v) is 2.21. The Morgan fingerprint density at radius 2 is 1.80 bits per heavy atom. The third kappa shape index (κ3) is 0.905. The Balaban J connectivity index is 2.65. The van der Waals surface area contributed by atoms with E-state index in [0.29, 0.717) is 6.42 Å². The van der Waals surface area contributed by atoms with Crippen molar-refractivity contribution >= 4 is 0 Å². The number of aliphatic hydroxyl groups is 1. The zero-order chi connectivity index (χ0) is 7.83. The molecular formula is C6H9F3O. The molecule has 1 aliphatic rings. The first-order valence-corrected chi connectivity index (χ1v) is 3.19. The lowest BCUT2D eigenvalue weighted by Crippen LogP contribution is -2.46.